The summed E-state index contributed by atoms with van der Waals surface area (Å²) < 4.78 is 0. The van der Waals surface area contributed by atoms with E-state index in [9.17, 15) is 4.79 Å². The third-order valence-corrected chi connectivity index (χ3v) is 2.79. The molecule has 1 rings (SSSR count). The summed E-state index contributed by atoms with van der Waals surface area (Å²) in [5, 5.41) is 0. The Morgan fingerprint density at radius 1 is 1.36 bits per heavy atom. The van der Waals surface area contributed by atoms with Crippen LogP contribution in [0.2, 0.25) is 0 Å². The van der Waals surface area contributed by atoms with E-state index >= 15 is 0 Å². The van der Waals surface area contributed by atoms with Gasteiger partial charge in [0.25, 0.3) is 0 Å². The van der Waals surface area contributed by atoms with E-state index in [0.717, 1.165) is 19.1 Å². The summed E-state index contributed by atoms with van der Waals surface area (Å²) in [6.07, 6.45) is 2.90. The van der Waals surface area contributed by atoms with Gasteiger partial charge in [0, 0.05) is 0 Å². The van der Waals surface area contributed by atoms with Crippen LogP contribution in [0.4, 0.5) is 0 Å². The summed E-state index contributed by atoms with van der Waals surface area (Å²) in [6, 6.07) is 10.4. The van der Waals surface area contributed by atoms with Crippen LogP contribution in [-0.4, -0.2) is 11.1 Å². The van der Waals surface area contributed by atoms with Crippen LogP contribution >= 0.6 is 15.9 Å². The van der Waals surface area contributed by atoms with E-state index in [1.54, 1.807) is 0 Å². The molecule has 0 saturated carbocycles. The molecule has 0 fully saturated rings. The topological polar surface area (TPSA) is 17.1 Å². The zero-order valence-electron chi connectivity index (χ0n) is 8.32. The van der Waals surface area contributed by atoms with Crippen LogP contribution in [0.3, 0.4) is 0 Å². The van der Waals surface area contributed by atoms with Crippen molar-refractivity contribution >= 4 is 22.2 Å². The molecule has 0 bridgehead atoms. The smallest absolute Gasteiger partial charge is 0.133 e. The number of carbonyl (C=O) groups is 1. The molecule has 0 aliphatic carbocycles. The zero-order chi connectivity index (χ0) is 10.4. The number of aldehydes is 1. The molecule has 2 heteroatoms. The van der Waals surface area contributed by atoms with Crippen molar-refractivity contribution in [3.05, 3.63) is 35.9 Å². The molecule has 0 saturated heterocycles. The van der Waals surface area contributed by atoms with E-state index in [1.165, 1.54) is 5.56 Å². The number of hydrogen-bond acceptors (Lipinski definition) is 1. The van der Waals surface area contributed by atoms with Crippen LogP contribution in [0.25, 0.3) is 0 Å². The molecule has 1 aromatic rings. The highest BCUT2D eigenvalue weighted by Crippen LogP contribution is 2.16. The maximum Gasteiger partial charge on any atom is 0.133 e. The van der Waals surface area contributed by atoms with Crippen molar-refractivity contribution < 1.29 is 4.79 Å². The van der Waals surface area contributed by atoms with Gasteiger partial charge in [0.05, 0.1) is 4.83 Å². The first-order chi connectivity index (χ1) is 6.72. The van der Waals surface area contributed by atoms with E-state index in [0.29, 0.717) is 5.92 Å². The summed E-state index contributed by atoms with van der Waals surface area (Å²) in [5.41, 5.74) is 1.34. The van der Waals surface area contributed by atoms with Gasteiger partial charge in [-0.25, -0.2) is 0 Å². The summed E-state index contributed by atoms with van der Waals surface area (Å²) in [6.45, 7) is 2.17. The minimum atomic E-state index is 0.00112. The first-order valence-electron chi connectivity index (χ1n) is 4.85. The minimum absolute atomic E-state index is 0.00112. The van der Waals surface area contributed by atoms with Gasteiger partial charge in [0.2, 0.25) is 0 Å². The van der Waals surface area contributed by atoms with E-state index < -0.39 is 0 Å². The van der Waals surface area contributed by atoms with Gasteiger partial charge in [0.1, 0.15) is 6.29 Å². The van der Waals surface area contributed by atoms with Crippen molar-refractivity contribution in [2.75, 3.05) is 0 Å². The lowest BCUT2D eigenvalue weighted by molar-refractivity contribution is -0.107. The normalized spacial score (nSPS) is 14.7. The minimum Gasteiger partial charge on any atom is -0.302 e. The van der Waals surface area contributed by atoms with Gasteiger partial charge in [-0.2, -0.15) is 0 Å². The van der Waals surface area contributed by atoms with Crippen molar-refractivity contribution in [3.63, 3.8) is 0 Å². The highest BCUT2D eigenvalue weighted by molar-refractivity contribution is 9.09. The highest BCUT2D eigenvalue weighted by atomic mass is 79.9. The molecule has 0 spiro atoms. The molecule has 14 heavy (non-hydrogen) atoms. The van der Waals surface area contributed by atoms with E-state index in [1.807, 2.05) is 18.2 Å². The largest absolute Gasteiger partial charge is 0.302 e. The molecular weight excluding hydrogens is 240 g/mol. The maximum atomic E-state index is 10.4. The van der Waals surface area contributed by atoms with Crippen molar-refractivity contribution in [1.82, 2.24) is 0 Å². The fourth-order valence-corrected chi connectivity index (χ4v) is 2.18. The number of hydrogen-bond donors (Lipinski definition) is 0. The summed E-state index contributed by atoms with van der Waals surface area (Å²) in [4.78, 5) is 10.4. The van der Waals surface area contributed by atoms with Gasteiger partial charge in [-0.15, -0.1) is 0 Å². The van der Waals surface area contributed by atoms with Crippen molar-refractivity contribution in [1.29, 1.82) is 0 Å². The Morgan fingerprint density at radius 3 is 2.57 bits per heavy atom. The fourth-order valence-electron chi connectivity index (χ4n) is 1.54. The van der Waals surface area contributed by atoms with Crippen molar-refractivity contribution in [2.24, 2.45) is 5.92 Å². The number of alkyl halides is 1. The molecule has 0 heterocycles. The second-order valence-corrected chi connectivity index (χ2v) is 4.86. The number of halogens is 1. The predicted molar refractivity (Wildman–Crippen MR) is 62.7 cm³/mol. The van der Waals surface area contributed by atoms with Gasteiger partial charge in [-0.3, -0.25) is 0 Å². The summed E-state index contributed by atoms with van der Waals surface area (Å²) in [7, 11) is 0. The fraction of sp³-hybridized carbons (Fsp3) is 0.417. The number of carbonyl (C=O) groups excluding carboxylic acids is 1. The average molecular weight is 255 g/mol. The van der Waals surface area contributed by atoms with Crippen LogP contribution in [-0.2, 0) is 11.2 Å². The second kappa shape index (κ2) is 5.97. The summed E-state index contributed by atoms with van der Waals surface area (Å²) >= 11 is 3.32. The lowest BCUT2D eigenvalue weighted by Gasteiger charge is -2.11. The Hall–Kier alpha value is -0.630. The van der Waals surface area contributed by atoms with E-state index in [4.69, 9.17) is 0 Å². The standard InChI is InChI=1S/C12H15BrO/c1-10(8-12(13)9-14)7-11-5-3-2-4-6-11/h2-6,9-10,12H,7-8H2,1H3. The van der Waals surface area contributed by atoms with Crippen LogP contribution in [0, 0.1) is 5.92 Å². The Labute approximate surface area is 93.7 Å². The lowest BCUT2D eigenvalue weighted by Crippen LogP contribution is -2.08. The Bertz CT molecular complexity index is 271. The SMILES string of the molecule is CC(Cc1ccccc1)CC(Br)C=O. The molecule has 0 amide bonds. The maximum absolute atomic E-state index is 10.4. The van der Waals surface area contributed by atoms with Crippen LogP contribution in [0.1, 0.15) is 18.9 Å². The molecule has 0 N–H and O–H groups in total. The third-order valence-electron chi connectivity index (χ3n) is 2.20. The average Bonchev–Trinajstić information content (AvgIpc) is 2.19. The Kier molecular flexibility index (Phi) is 4.88. The van der Waals surface area contributed by atoms with Crippen LogP contribution < -0.4 is 0 Å². The number of benzene rings is 1. The molecule has 0 radical (unpaired) electrons. The Balaban J connectivity index is 2.41. The molecule has 1 aromatic carbocycles. The molecule has 76 valence electrons. The first-order valence-corrected chi connectivity index (χ1v) is 5.77. The Morgan fingerprint density at radius 2 is 2.00 bits per heavy atom. The van der Waals surface area contributed by atoms with Gasteiger partial charge in [-0.05, 0) is 24.3 Å². The molecule has 0 aromatic heterocycles. The molecule has 2 atom stereocenters. The summed E-state index contributed by atoms with van der Waals surface area (Å²) in [5.74, 6) is 0.534. The lowest BCUT2D eigenvalue weighted by atomic mass is 9.97. The van der Waals surface area contributed by atoms with Gasteiger partial charge < -0.3 is 4.79 Å². The van der Waals surface area contributed by atoms with Crippen LogP contribution in [0.15, 0.2) is 30.3 Å². The third kappa shape index (κ3) is 4.05. The van der Waals surface area contributed by atoms with Crippen molar-refractivity contribution in [3.8, 4) is 0 Å². The monoisotopic (exact) mass is 254 g/mol. The molecule has 0 aliphatic rings. The second-order valence-electron chi connectivity index (χ2n) is 3.68. The zero-order valence-corrected chi connectivity index (χ0v) is 9.91. The van der Waals surface area contributed by atoms with Gasteiger partial charge in [-0.1, -0.05) is 53.2 Å². The molecule has 1 nitrogen and oxygen atoms in total. The first kappa shape index (κ1) is 11.4. The predicted octanol–water partition coefficient (Wildman–Crippen LogP) is 3.22. The van der Waals surface area contributed by atoms with Gasteiger partial charge in [0.15, 0.2) is 0 Å². The van der Waals surface area contributed by atoms with Gasteiger partial charge >= 0.3 is 0 Å². The number of rotatable bonds is 5. The molecule has 2 unspecified atom stereocenters. The quantitative estimate of drug-likeness (QED) is 0.583. The van der Waals surface area contributed by atoms with E-state index in [2.05, 4.69) is 35.0 Å². The molecular formula is C12H15BrO. The van der Waals surface area contributed by atoms with E-state index in [-0.39, 0.29) is 4.83 Å². The molecule has 0 aliphatic heterocycles. The van der Waals surface area contributed by atoms with Crippen LogP contribution in [0.5, 0.6) is 0 Å². The highest BCUT2D eigenvalue weighted by Gasteiger charge is 2.09. The van der Waals surface area contributed by atoms with Crippen molar-refractivity contribution in [2.45, 2.75) is 24.6 Å².